The summed E-state index contributed by atoms with van der Waals surface area (Å²) in [5, 5.41) is 0. The van der Waals surface area contributed by atoms with Gasteiger partial charge in [0.2, 0.25) is 18.0 Å². The number of carbonyl (C=O) groups is 1. The van der Waals surface area contributed by atoms with E-state index in [2.05, 4.69) is 17.6 Å². The molecule has 0 aliphatic carbocycles. The highest BCUT2D eigenvalue weighted by Gasteiger charge is 2.19. The lowest BCUT2D eigenvalue weighted by atomic mass is 10.1. The third kappa shape index (κ3) is 3.07. The Morgan fingerprint density at radius 1 is 1.05 bits per heavy atom. The van der Waals surface area contributed by atoms with Gasteiger partial charge in [0.15, 0.2) is 6.20 Å². The van der Waals surface area contributed by atoms with Crippen molar-refractivity contribution in [2.24, 2.45) is 0 Å². The number of Topliss-reactive ketones (excluding diaryl/α,β-unsaturated/α-hetero) is 1. The molecule has 0 saturated heterocycles. The van der Waals surface area contributed by atoms with Crippen molar-refractivity contribution in [1.82, 2.24) is 4.98 Å². The Morgan fingerprint density at radius 2 is 1.77 bits per heavy atom. The molecule has 0 saturated carbocycles. The number of ketones is 1. The molecule has 0 spiro atoms. The van der Waals surface area contributed by atoms with E-state index in [-0.39, 0.29) is 12.3 Å². The molecule has 0 aliphatic heterocycles. The summed E-state index contributed by atoms with van der Waals surface area (Å²) in [7, 11) is 0. The topological polar surface area (TPSA) is 33.8 Å². The predicted octanol–water partition coefficient (Wildman–Crippen LogP) is 3.21. The first-order valence-electron chi connectivity index (χ1n) is 6.96. The van der Waals surface area contributed by atoms with E-state index in [0.717, 1.165) is 16.2 Å². The molecule has 0 bridgehead atoms. The zero-order valence-corrected chi connectivity index (χ0v) is 12.8. The van der Waals surface area contributed by atoms with Gasteiger partial charge in [-0.05, 0) is 12.1 Å². The fourth-order valence-electron chi connectivity index (χ4n) is 2.31. The molecular weight excluding hydrogens is 292 g/mol. The van der Waals surface area contributed by atoms with Crippen LogP contribution in [0.15, 0.2) is 78.1 Å². The molecule has 3 nitrogen and oxygen atoms in total. The lowest BCUT2D eigenvalue weighted by molar-refractivity contribution is -0.672. The lowest BCUT2D eigenvalue weighted by Gasteiger charge is -2.05. The van der Waals surface area contributed by atoms with Crippen LogP contribution in [0.25, 0.3) is 11.3 Å². The van der Waals surface area contributed by atoms with Gasteiger partial charge in [0.25, 0.3) is 0 Å². The minimum Gasteiger partial charge on any atom is -0.287 e. The Hall–Kier alpha value is -2.46. The van der Waals surface area contributed by atoms with E-state index >= 15 is 0 Å². The molecule has 0 N–H and O–H groups in total. The van der Waals surface area contributed by atoms with Crippen LogP contribution in [0.5, 0.6) is 0 Å². The van der Waals surface area contributed by atoms with E-state index in [1.165, 1.54) is 0 Å². The largest absolute Gasteiger partial charge is 0.287 e. The second-order valence-corrected chi connectivity index (χ2v) is 5.38. The van der Waals surface area contributed by atoms with Gasteiger partial charge in [0, 0.05) is 10.5 Å². The summed E-state index contributed by atoms with van der Waals surface area (Å²) in [4.78, 5) is 17.5. The monoisotopic (exact) mass is 307 g/mol. The summed E-state index contributed by atoms with van der Waals surface area (Å²) in [6, 6.07) is 17.1. The normalized spacial score (nSPS) is 10.4. The maximum absolute atomic E-state index is 12.4. The van der Waals surface area contributed by atoms with Gasteiger partial charge >= 0.3 is 0 Å². The number of benzene rings is 2. The molecule has 0 fully saturated rings. The molecule has 0 amide bonds. The van der Waals surface area contributed by atoms with Crippen LogP contribution in [0.3, 0.4) is 0 Å². The van der Waals surface area contributed by atoms with E-state index in [0.29, 0.717) is 5.56 Å². The third-order valence-corrected chi connectivity index (χ3v) is 3.82. The first kappa shape index (κ1) is 14.5. The Balaban J connectivity index is 1.96. The van der Waals surface area contributed by atoms with Crippen molar-refractivity contribution in [3.63, 3.8) is 0 Å². The van der Waals surface area contributed by atoms with Gasteiger partial charge in [-0.15, -0.1) is 12.6 Å². The fraction of sp³-hybridized carbons (Fsp3) is 0.0556. The summed E-state index contributed by atoms with van der Waals surface area (Å²) in [5.74, 6) is 0.0645. The molecule has 1 aromatic heterocycles. The maximum atomic E-state index is 12.4. The maximum Gasteiger partial charge on any atom is 0.232 e. The quantitative estimate of drug-likeness (QED) is 0.456. The van der Waals surface area contributed by atoms with Crippen molar-refractivity contribution >= 4 is 18.4 Å². The Kier molecular flexibility index (Phi) is 4.30. The van der Waals surface area contributed by atoms with Gasteiger partial charge in [0.05, 0.1) is 18.0 Å². The number of aromatic nitrogens is 2. The van der Waals surface area contributed by atoms with Crippen molar-refractivity contribution < 1.29 is 9.36 Å². The third-order valence-electron chi connectivity index (χ3n) is 3.43. The van der Waals surface area contributed by atoms with Crippen LogP contribution in [0, 0.1) is 0 Å². The van der Waals surface area contributed by atoms with Gasteiger partial charge in [0.1, 0.15) is 0 Å². The standard InChI is InChI=1S/C18H14N2OS/c21-17(14-6-2-1-3-7-14)13-20-11-10-19-12-16(20)15-8-4-5-9-18(15)22/h1-12H,13H2/p+1. The van der Waals surface area contributed by atoms with Gasteiger partial charge in [-0.2, -0.15) is 4.57 Å². The Labute approximate surface area is 134 Å². The van der Waals surface area contributed by atoms with E-state index in [1.807, 2.05) is 65.4 Å². The second-order valence-electron chi connectivity index (χ2n) is 4.90. The van der Waals surface area contributed by atoms with E-state index < -0.39 is 0 Å². The Morgan fingerprint density at radius 3 is 2.55 bits per heavy atom. The molecule has 0 radical (unpaired) electrons. The smallest absolute Gasteiger partial charge is 0.232 e. The molecule has 22 heavy (non-hydrogen) atoms. The molecule has 2 aromatic carbocycles. The first-order valence-corrected chi connectivity index (χ1v) is 7.40. The van der Waals surface area contributed by atoms with Crippen molar-refractivity contribution in [2.45, 2.75) is 11.4 Å². The van der Waals surface area contributed by atoms with Crippen LogP contribution in [0.1, 0.15) is 10.4 Å². The van der Waals surface area contributed by atoms with E-state index in [9.17, 15) is 4.79 Å². The average molecular weight is 307 g/mol. The number of thiol groups is 1. The van der Waals surface area contributed by atoms with Crippen LogP contribution in [-0.4, -0.2) is 10.8 Å². The van der Waals surface area contributed by atoms with E-state index in [1.54, 1.807) is 12.4 Å². The molecule has 0 atom stereocenters. The SMILES string of the molecule is O=C(C[n+]1ccncc1-c1ccccc1S)c1ccccc1. The highest BCUT2D eigenvalue weighted by molar-refractivity contribution is 7.80. The molecule has 4 heteroatoms. The highest BCUT2D eigenvalue weighted by Crippen LogP contribution is 2.22. The van der Waals surface area contributed by atoms with Crippen molar-refractivity contribution in [3.05, 3.63) is 78.8 Å². The minimum absolute atomic E-state index is 0.0645. The summed E-state index contributed by atoms with van der Waals surface area (Å²) in [6.07, 6.45) is 5.26. The molecule has 3 rings (SSSR count). The van der Waals surface area contributed by atoms with Crippen LogP contribution in [-0.2, 0) is 6.54 Å². The average Bonchev–Trinajstić information content (AvgIpc) is 2.57. The first-order chi connectivity index (χ1) is 10.8. The van der Waals surface area contributed by atoms with Crippen LogP contribution in [0.4, 0.5) is 0 Å². The number of hydrogen-bond acceptors (Lipinski definition) is 3. The zero-order valence-electron chi connectivity index (χ0n) is 11.9. The minimum atomic E-state index is 0.0645. The van der Waals surface area contributed by atoms with Crippen LogP contribution in [0.2, 0.25) is 0 Å². The molecule has 3 aromatic rings. The zero-order chi connectivity index (χ0) is 15.4. The van der Waals surface area contributed by atoms with Gasteiger partial charge in [-0.3, -0.25) is 9.78 Å². The Bertz CT molecular complexity index is 803. The second kappa shape index (κ2) is 6.54. The highest BCUT2D eigenvalue weighted by atomic mass is 32.1. The van der Waals surface area contributed by atoms with Gasteiger partial charge < -0.3 is 0 Å². The number of nitrogens with zero attached hydrogens (tertiary/aromatic N) is 2. The summed E-state index contributed by atoms with van der Waals surface area (Å²) < 4.78 is 1.90. The molecular formula is C18H15N2OS+. The number of carbonyl (C=O) groups excluding carboxylic acids is 1. The number of hydrogen-bond donors (Lipinski definition) is 1. The van der Waals surface area contributed by atoms with Crippen molar-refractivity contribution in [3.8, 4) is 11.3 Å². The van der Waals surface area contributed by atoms with Gasteiger partial charge in [-0.25, -0.2) is 0 Å². The predicted molar refractivity (Wildman–Crippen MR) is 87.9 cm³/mol. The number of rotatable bonds is 4. The van der Waals surface area contributed by atoms with Crippen LogP contribution >= 0.6 is 12.6 Å². The molecule has 0 aliphatic rings. The van der Waals surface area contributed by atoms with E-state index in [4.69, 9.17) is 0 Å². The lowest BCUT2D eigenvalue weighted by Crippen LogP contribution is -2.40. The molecule has 1 heterocycles. The summed E-state index contributed by atoms with van der Waals surface area (Å²) in [6.45, 7) is 0.268. The molecule has 108 valence electrons. The van der Waals surface area contributed by atoms with Crippen LogP contribution < -0.4 is 4.57 Å². The summed E-state index contributed by atoms with van der Waals surface area (Å²) in [5.41, 5.74) is 2.54. The van der Waals surface area contributed by atoms with Gasteiger partial charge in [-0.1, -0.05) is 42.5 Å². The fourth-order valence-corrected chi connectivity index (χ4v) is 2.58. The summed E-state index contributed by atoms with van der Waals surface area (Å²) >= 11 is 4.49. The molecule has 0 unspecified atom stereocenters. The van der Waals surface area contributed by atoms with Crippen molar-refractivity contribution in [1.29, 1.82) is 0 Å². The van der Waals surface area contributed by atoms with Crippen molar-refractivity contribution in [2.75, 3.05) is 0 Å².